The minimum Gasteiger partial charge on any atom is -0.490 e. The van der Waals surface area contributed by atoms with Gasteiger partial charge >= 0.3 is 0 Å². The Hall–Kier alpha value is -2.95. The molecule has 2 amide bonds. The largest absolute Gasteiger partial charge is 0.490 e. The fraction of sp³-hybridized carbons (Fsp3) is 0.200. The van der Waals surface area contributed by atoms with E-state index in [0.29, 0.717) is 36.0 Å². The van der Waals surface area contributed by atoms with Crippen LogP contribution in [-0.2, 0) is 17.8 Å². The van der Waals surface area contributed by atoms with Crippen LogP contribution in [0.15, 0.2) is 58.4 Å². The smallest absolute Gasteiger partial charge is 0.294 e. The summed E-state index contributed by atoms with van der Waals surface area (Å²) in [6.45, 7) is 6.51. The van der Waals surface area contributed by atoms with Crippen molar-refractivity contribution >= 4 is 44.9 Å². The molecule has 1 saturated heterocycles. The predicted octanol–water partition coefficient (Wildman–Crippen LogP) is 5.82. The fourth-order valence-corrected chi connectivity index (χ4v) is 4.22. The Bertz CT molecular complexity index is 1100. The highest BCUT2D eigenvalue weighted by molar-refractivity contribution is 9.10. The Balaban J connectivity index is 1.94. The molecule has 7 heteroatoms. The number of amides is 2. The molecule has 0 atom stereocenters. The molecule has 0 bridgehead atoms. The van der Waals surface area contributed by atoms with Gasteiger partial charge in [0.25, 0.3) is 11.1 Å². The average molecular weight is 512 g/mol. The van der Waals surface area contributed by atoms with Gasteiger partial charge in [-0.3, -0.25) is 14.5 Å². The summed E-state index contributed by atoms with van der Waals surface area (Å²) in [5, 5.41) is -0.370. The first-order valence-electron chi connectivity index (χ1n) is 9.93. The van der Waals surface area contributed by atoms with Crippen molar-refractivity contribution in [3.63, 3.8) is 0 Å². The fourth-order valence-electron chi connectivity index (χ4n) is 3.12. The van der Waals surface area contributed by atoms with E-state index >= 15 is 0 Å². The zero-order valence-corrected chi connectivity index (χ0v) is 20.0. The molecule has 0 radical (unpaired) electrons. The van der Waals surface area contributed by atoms with E-state index in [0.717, 1.165) is 37.8 Å². The van der Waals surface area contributed by atoms with Gasteiger partial charge in [-0.15, -0.1) is 13.0 Å². The summed E-state index contributed by atoms with van der Waals surface area (Å²) >= 11 is 4.31. The third kappa shape index (κ3) is 5.64. The van der Waals surface area contributed by atoms with Crippen LogP contribution in [0.2, 0.25) is 0 Å². The molecule has 3 rings (SSSR count). The maximum absolute atomic E-state index is 12.5. The highest BCUT2D eigenvalue weighted by Crippen LogP contribution is 2.37. The average Bonchev–Trinajstić information content (AvgIpc) is 3.02. The summed E-state index contributed by atoms with van der Waals surface area (Å²) in [6, 6.07) is 11.6. The van der Waals surface area contributed by atoms with Gasteiger partial charge in [-0.2, -0.15) is 0 Å². The van der Waals surface area contributed by atoms with Crippen LogP contribution in [0.4, 0.5) is 4.79 Å². The van der Waals surface area contributed by atoms with E-state index in [-0.39, 0.29) is 11.8 Å². The Kier molecular flexibility index (Phi) is 8.20. The number of ether oxygens (including phenoxy) is 2. The monoisotopic (exact) mass is 511 g/mol. The third-order valence-electron chi connectivity index (χ3n) is 4.54. The third-order valence-corrected chi connectivity index (χ3v) is 5.97. The second-order valence-corrected chi connectivity index (χ2v) is 8.73. The molecule has 0 N–H and O–H groups in total. The molecule has 1 aliphatic heterocycles. The normalized spacial score (nSPS) is 14.5. The van der Waals surface area contributed by atoms with Gasteiger partial charge in [-0.25, -0.2) is 0 Å². The highest BCUT2D eigenvalue weighted by atomic mass is 79.9. The Morgan fingerprint density at radius 3 is 2.62 bits per heavy atom. The van der Waals surface area contributed by atoms with Crippen LogP contribution in [0.3, 0.4) is 0 Å². The van der Waals surface area contributed by atoms with E-state index in [9.17, 15) is 9.59 Å². The summed E-state index contributed by atoms with van der Waals surface area (Å²) in [6.07, 6.45) is 9.27. The summed E-state index contributed by atoms with van der Waals surface area (Å²) in [5.41, 5.74) is 2.62. The lowest BCUT2D eigenvalue weighted by Crippen LogP contribution is -2.28. The van der Waals surface area contributed by atoms with E-state index in [1.807, 2.05) is 43.3 Å². The van der Waals surface area contributed by atoms with Gasteiger partial charge in [0, 0.05) is 10.0 Å². The van der Waals surface area contributed by atoms with Gasteiger partial charge in [-0.1, -0.05) is 40.1 Å². The lowest BCUT2D eigenvalue weighted by Gasteiger charge is -2.17. The number of allylic oxidation sites excluding steroid dienone is 1. The number of halogens is 1. The number of rotatable bonds is 9. The van der Waals surface area contributed by atoms with Crippen molar-refractivity contribution in [1.29, 1.82) is 0 Å². The van der Waals surface area contributed by atoms with Crippen molar-refractivity contribution in [2.45, 2.75) is 20.0 Å². The van der Waals surface area contributed by atoms with Crippen LogP contribution in [-0.4, -0.2) is 29.2 Å². The van der Waals surface area contributed by atoms with E-state index < -0.39 is 5.91 Å². The van der Waals surface area contributed by atoms with E-state index in [4.69, 9.17) is 15.9 Å². The predicted molar refractivity (Wildman–Crippen MR) is 131 cm³/mol. The van der Waals surface area contributed by atoms with E-state index in [1.165, 1.54) is 0 Å². The molecule has 164 valence electrons. The summed E-state index contributed by atoms with van der Waals surface area (Å²) < 4.78 is 13.0. The second-order valence-electron chi connectivity index (χ2n) is 6.82. The van der Waals surface area contributed by atoms with Crippen molar-refractivity contribution < 1.29 is 19.1 Å². The minimum atomic E-state index is -0.392. The molecule has 2 aromatic carbocycles. The molecule has 32 heavy (non-hydrogen) atoms. The molecule has 0 unspecified atom stereocenters. The Morgan fingerprint density at radius 1 is 1.22 bits per heavy atom. The molecule has 2 aromatic rings. The number of terminal acetylenes is 1. The van der Waals surface area contributed by atoms with Crippen LogP contribution < -0.4 is 9.47 Å². The van der Waals surface area contributed by atoms with Crippen LogP contribution >= 0.6 is 27.7 Å². The van der Waals surface area contributed by atoms with Crippen molar-refractivity contribution in [2.75, 3.05) is 13.2 Å². The Labute approximate surface area is 200 Å². The maximum atomic E-state index is 12.5. The molecule has 0 aliphatic carbocycles. The van der Waals surface area contributed by atoms with Gasteiger partial charge in [0.15, 0.2) is 11.5 Å². The lowest BCUT2D eigenvalue weighted by molar-refractivity contribution is -0.122. The number of carbonyl (C=O) groups is 2. The number of hydrogen-bond donors (Lipinski definition) is 0. The van der Waals surface area contributed by atoms with Gasteiger partial charge < -0.3 is 9.47 Å². The lowest BCUT2D eigenvalue weighted by atomic mass is 10.0. The first kappa shape index (κ1) is 23.7. The molecular weight excluding hydrogens is 490 g/mol. The van der Waals surface area contributed by atoms with Gasteiger partial charge in [0.2, 0.25) is 0 Å². The number of hydrogen-bond acceptors (Lipinski definition) is 5. The van der Waals surface area contributed by atoms with Gasteiger partial charge in [0.05, 0.1) is 18.1 Å². The summed E-state index contributed by atoms with van der Waals surface area (Å²) in [4.78, 5) is 26.0. The van der Waals surface area contributed by atoms with Crippen molar-refractivity contribution in [3.8, 4) is 23.8 Å². The van der Waals surface area contributed by atoms with E-state index in [1.54, 1.807) is 12.2 Å². The Morgan fingerprint density at radius 2 is 1.97 bits per heavy atom. The van der Waals surface area contributed by atoms with Crippen LogP contribution in [0, 0.1) is 12.3 Å². The quantitative estimate of drug-likeness (QED) is 0.241. The van der Waals surface area contributed by atoms with Crippen molar-refractivity contribution in [3.05, 3.63) is 75.1 Å². The van der Waals surface area contributed by atoms with Crippen molar-refractivity contribution in [1.82, 2.24) is 4.90 Å². The number of nitrogens with zero attached hydrogens (tertiary/aromatic N) is 1. The first-order valence-corrected chi connectivity index (χ1v) is 11.5. The number of carbonyl (C=O) groups excluding carboxylic acids is 2. The highest BCUT2D eigenvalue weighted by Gasteiger charge is 2.34. The SMILES string of the molecule is C#CCN1C(=O)S/C(=C/c2cc(CC=C)c(OCc3ccc(Br)cc3)c(OCC)c2)C1=O. The van der Waals surface area contributed by atoms with Crippen LogP contribution in [0.5, 0.6) is 11.5 Å². The molecule has 5 nitrogen and oxygen atoms in total. The number of thioether (sulfide) groups is 1. The molecular formula is C25H22BrNO4S. The molecule has 1 fully saturated rings. The maximum Gasteiger partial charge on any atom is 0.294 e. The summed E-state index contributed by atoms with van der Waals surface area (Å²) in [5.74, 6) is 3.15. The van der Waals surface area contributed by atoms with Crippen LogP contribution in [0.25, 0.3) is 6.08 Å². The first-order chi connectivity index (χ1) is 15.5. The zero-order chi connectivity index (χ0) is 23.1. The van der Waals surface area contributed by atoms with Crippen molar-refractivity contribution in [2.24, 2.45) is 0 Å². The molecule has 1 heterocycles. The molecule has 0 spiro atoms. The number of imide groups is 1. The minimum absolute atomic E-state index is 0.0449. The summed E-state index contributed by atoms with van der Waals surface area (Å²) in [7, 11) is 0. The van der Waals surface area contributed by atoms with E-state index in [2.05, 4.69) is 28.4 Å². The molecule has 1 aliphatic rings. The standard InChI is InChI=1S/C25H22BrNO4S/c1-4-7-19-13-18(15-22-24(28)27(12-5-2)25(29)32-22)14-21(30-6-3)23(19)31-16-17-8-10-20(26)11-9-17/h2,4,8-11,13-15H,1,6-7,12,16H2,3H3/b22-15+. The second kappa shape index (κ2) is 11.1. The van der Waals surface area contributed by atoms with Gasteiger partial charge in [0.1, 0.15) is 6.61 Å². The number of benzene rings is 2. The van der Waals surface area contributed by atoms with Gasteiger partial charge in [-0.05, 0) is 66.6 Å². The molecule has 0 aromatic heterocycles. The zero-order valence-electron chi connectivity index (χ0n) is 17.6. The van der Waals surface area contributed by atoms with Crippen LogP contribution in [0.1, 0.15) is 23.6 Å². The topological polar surface area (TPSA) is 55.8 Å². The molecule has 0 saturated carbocycles.